The van der Waals surface area contributed by atoms with Crippen LogP contribution in [-0.2, 0) is 0 Å². The first-order chi connectivity index (χ1) is 22.4. The standard InChI is InChI=1S/C40H30N4O2/c1-25-13-17-29(18-14-25)41-39(45)33-22-35(27-9-5-3-6-10-27)43-37-24-38-32(21-31(33)37)34(23-36(44-38)28-11-7-4-8-12-28)40(46)42-30-19-15-26(2)16-20-30/h3-24H,1-2H3,(H,41,45)(H,42,46). The molecular weight excluding hydrogens is 568 g/mol. The summed E-state index contributed by atoms with van der Waals surface area (Å²) < 4.78 is 0. The second-order valence-electron chi connectivity index (χ2n) is 11.4. The zero-order valence-corrected chi connectivity index (χ0v) is 25.4. The molecule has 0 saturated heterocycles. The molecule has 0 spiro atoms. The molecule has 0 saturated carbocycles. The highest BCUT2D eigenvalue weighted by Gasteiger charge is 2.20. The Labute approximate surface area is 266 Å². The van der Waals surface area contributed by atoms with E-state index in [2.05, 4.69) is 10.6 Å². The van der Waals surface area contributed by atoms with Gasteiger partial charge in [0.2, 0.25) is 0 Å². The molecule has 0 atom stereocenters. The van der Waals surface area contributed by atoms with Crippen LogP contribution in [0.2, 0.25) is 0 Å². The van der Waals surface area contributed by atoms with Gasteiger partial charge in [-0.05, 0) is 62.4 Å². The normalized spacial score (nSPS) is 11.0. The van der Waals surface area contributed by atoms with Crippen LogP contribution < -0.4 is 10.6 Å². The van der Waals surface area contributed by atoms with Gasteiger partial charge in [-0.1, -0.05) is 96.1 Å². The number of carbonyl (C=O) groups excluding carboxylic acids is 2. The lowest BCUT2D eigenvalue weighted by Crippen LogP contribution is -2.14. The zero-order valence-electron chi connectivity index (χ0n) is 25.4. The number of pyridine rings is 2. The summed E-state index contributed by atoms with van der Waals surface area (Å²) in [5.41, 5.74) is 8.79. The molecule has 0 aliphatic heterocycles. The molecule has 0 aliphatic carbocycles. The van der Waals surface area contributed by atoms with Gasteiger partial charge in [-0.25, -0.2) is 9.97 Å². The summed E-state index contributed by atoms with van der Waals surface area (Å²) >= 11 is 0. The van der Waals surface area contributed by atoms with Crippen LogP contribution in [0.15, 0.2) is 133 Å². The minimum absolute atomic E-state index is 0.271. The van der Waals surface area contributed by atoms with Crippen molar-refractivity contribution >= 4 is 45.0 Å². The van der Waals surface area contributed by atoms with Gasteiger partial charge in [0.15, 0.2) is 0 Å². The smallest absolute Gasteiger partial charge is 0.256 e. The highest BCUT2D eigenvalue weighted by Crippen LogP contribution is 2.32. The van der Waals surface area contributed by atoms with Crippen molar-refractivity contribution < 1.29 is 9.59 Å². The zero-order chi connectivity index (χ0) is 31.6. The van der Waals surface area contributed by atoms with Gasteiger partial charge in [0.05, 0.1) is 33.5 Å². The van der Waals surface area contributed by atoms with Gasteiger partial charge < -0.3 is 10.6 Å². The first-order valence-electron chi connectivity index (χ1n) is 15.1. The minimum atomic E-state index is -0.271. The second kappa shape index (κ2) is 12.1. The number of carbonyl (C=O) groups is 2. The van der Waals surface area contributed by atoms with E-state index in [0.29, 0.717) is 55.7 Å². The summed E-state index contributed by atoms with van der Waals surface area (Å²) in [6.07, 6.45) is 0. The van der Waals surface area contributed by atoms with Crippen molar-refractivity contribution in [1.82, 2.24) is 9.97 Å². The van der Waals surface area contributed by atoms with Crippen molar-refractivity contribution in [1.29, 1.82) is 0 Å². The molecule has 7 rings (SSSR count). The Morgan fingerprint density at radius 3 is 1.26 bits per heavy atom. The molecule has 2 N–H and O–H groups in total. The summed E-state index contributed by atoms with van der Waals surface area (Å²) in [4.78, 5) is 37.8. The van der Waals surface area contributed by atoms with E-state index in [9.17, 15) is 9.59 Å². The molecule has 0 aliphatic rings. The van der Waals surface area contributed by atoms with Gasteiger partial charge in [-0.15, -0.1) is 0 Å². The van der Waals surface area contributed by atoms with Gasteiger partial charge in [0, 0.05) is 33.3 Å². The molecule has 0 bridgehead atoms. The Kier molecular flexibility index (Phi) is 7.53. The Morgan fingerprint density at radius 1 is 0.478 bits per heavy atom. The predicted octanol–water partition coefficient (Wildman–Crippen LogP) is 9.24. The number of nitrogens with one attached hydrogen (secondary N) is 2. The Balaban J connectivity index is 1.44. The van der Waals surface area contributed by atoms with E-state index in [1.807, 2.05) is 147 Å². The molecular formula is C40H30N4O2. The van der Waals surface area contributed by atoms with Crippen LogP contribution in [0.3, 0.4) is 0 Å². The number of hydrogen-bond acceptors (Lipinski definition) is 4. The first-order valence-corrected chi connectivity index (χ1v) is 15.1. The number of fused-ring (bicyclic) bond motifs is 2. The third-order valence-corrected chi connectivity index (χ3v) is 7.99. The lowest BCUT2D eigenvalue weighted by atomic mass is 9.98. The first kappa shape index (κ1) is 28.6. The molecule has 2 heterocycles. The van der Waals surface area contributed by atoms with E-state index < -0.39 is 0 Å². The van der Waals surface area contributed by atoms with Crippen molar-refractivity contribution in [3.63, 3.8) is 0 Å². The van der Waals surface area contributed by atoms with E-state index in [4.69, 9.17) is 9.97 Å². The topological polar surface area (TPSA) is 84.0 Å². The third kappa shape index (κ3) is 5.84. The molecule has 0 radical (unpaired) electrons. The molecule has 46 heavy (non-hydrogen) atoms. The Morgan fingerprint density at radius 2 is 0.870 bits per heavy atom. The number of nitrogens with zero attached hydrogens (tertiary/aromatic N) is 2. The summed E-state index contributed by atoms with van der Waals surface area (Å²) in [7, 11) is 0. The monoisotopic (exact) mass is 598 g/mol. The minimum Gasteiger partial charge on any atom is -0.322 e. The maximum absolute atomic E-state index is 13.9. The lowest BCUT2D eigenvalue weighted by Gasteiger charge is -2.15. The summed E-state index contributed by atoms with van der Waals surface area (Å²) in [5.74, 6) is -0.542. The van der Waals surface area contributed by atoms with Gasteiger partial charge >= 0.3 is 0 Å². The van der Waals surface area contributed by atoms with Crippen molar-refractivity contribution in [3.8, 4) is 22.5 Å². The highest BCUT2D eigenvalue weighted by atomic mass is 16.2. The number of rotatable bonds is 6. The molecule has 0 unspecified atom stereocenters. The summed E-state index contributed by atoms with van der Waals surface area (Å²) in [6, 6.07) is 42.3. The molecule has 7 aromatic rings. The van der Waals surface area contributed by atoms with Crippen LogP contribution in [-0.4, -0.2) is 21.8 Å². The van der Waals surface area contributed by atoms with E-state index in [0.717, 1.165) is 22.3 Å². The number of hydrogen-bond donors (Lipinski definition) is 2. The summed E-state index contributed by atoms with van der Waals surface area (Å²) in [6.45, 7) is 4.01. The second-order valence-corrected chi connectivity index (χ2v) is 11.4. The maximum atomic E-state index is 13.9. The number of anilines is 2. The van der Waals surface area contributed by atoms with E-state index >= 15 is 0 Å². The van der Waals surface area contributed by atoms with E-state index in [1.165, 1.54) is 0 Å². The number of benzene rings is 5. The third-order valence-electron chi connectivity index (χ3n) is 7.99. The fourth-order valence-corrected chi connectivity index (χ4v) is 5.51. The van der Waals surface area contributed by atoms with Gasteiger partial charge in [-0.2, -0.15) is 0 Å². The van der Waals surface area contributed by atoms with Crippen molar-refractivity contribution in [3.05, 3.63) is 156 Å². The van der Waals surface area contributed by atoms with Gasteiger partial charge in [-0.3, -0.25) is 9.59 Å². The molecule has 6 nitrogen and oxygen atoms in total. The van der Waals surface area contributed by atoms with Crippen molar-refractivity contribution in [2.75, 3.05) is 10.6 Å². The van der Waals surface area contributed by atoms with Crippen LogP contribution in [0.5, 0.6) is 0 Å². The van der Waals surface area contributed by atoms with Crippen LogP contribution in [0.4, 0.5) is 11.4 Å². The van der Waals surface area contributed by atoms with E-state index in [-0.39, 0.29) is 11.8 Å². The fraction of sp³-hybridized carbons (Fsp3) is 0.0500. The van der Waals surface area contributed by atoms with Crippen molar-refractivity contribution in [2.45, 2.75) is 13.8 Å². The molecule has 0 fully saturated rings. The largest absolute Gasteiger partial charge is 0.322 e. The number of aromatic nitrogens is 2. The average Bonchev–Trinajstić information content (AvgIpc) is 3.09. The lowest BCUT2D eigenvalue weighted by molar-refractivity contribution is 0.102. The quantitative estimate of drug-likeness (QED) is 0.187. The fourth-order valence-electron chi connectivity index (χ4n) is 5.51. The summed E-state index contributed by atoms with van der Waals surface area (Å²) in [5, 5.41) is 7.34. The van der Waals surface area contributed by atoms with Gasteiger partial charge in [0.25, 0.3) is 11.8 Å². The van der Waals surface area contributed by atoms with Crippen molar-refractivity contribution in [2.24, 2.45) is 0 Å². The van der Waals surface area contributed by atoms with Gasteiger partial charge in [0.1, 0.15) is 0 Å². The molecule has 2 amide bonds. The SMILES string of the molecule is Cc1ccc(NC(=O)c2cc(-c3ccccc3)nc3cc4nc(-c5ccccc5)cc(C(=O)Nc5ccc(C)cc5)c4cc23)cc1. The Hall–Kier alpha value is -6.14. The number of amides is 2. The Bertz CT molecular complexity index is 2070. The average molecular weight is 599 g/mol. The maximum Gasteiger partial charge on any atom is 0.256 e. The number of aryl methyl sites for hydroxylation is 2. The van der Waals surface area contributed by atoms with Crippen LogP contribution in [0.1, 0.15) is 31.8 Å². The molecule has 222 valence electrons. The molecule has 6 heteroatoms. The van der Waals surface area contributed by atoms with E-state index in [1.54, 1.807) is 0 Å². The molecule has 5 aromatic carbocycles. The predicted molar refractivity (Wildman–Crippen MR) is 186 cm³/mol. The van der Waals surface area contributed by atoms with Crippen LogP contribution in [0, 0.1) is 13.8 Å². The van der Waals surface area contributed by atoms with Crippen LogP contribution >= 0.6 is 0 Å². The molecule has 2 aromatic heterocycles. The highest BCUT2D eigenvalue weighted by molar-refractivity contribution is 6.18. The van der Waals surface area contributed by atoms with Crippen LogP contribution in [0.25, 0.3) is 44.3 Å².